The number of rotatable bonds is 3. The molecule has 0 aliphatic carbocycles. The van der Waals surface area contributed by atoms with Gasteiger partial charge >= 0.3 is 5.69 Å². The third-order valence-electron chi connectivity index (χ3n) is 5.07. The van der Waals surface area contributed by atoms with Gasteiger partial charge in [0.15, 0.2) is 0 Å². The number of amides is 1. The number of aromatic nitrogens is 3. The lowest BCUT2D eigenvalue weighted by Gasteiger charge is -2.23. The van der Waals surface area contributed by atoms with Crippen LogP contribution in [0.25, 0.3) is 11.0 Å². The lowest BCUT2D eigenvalue weighted by atomic mass is 9.90. The molecule has 1 fully saturated rings. The molecular formula is C16H23N5O3. The maximum Gasteiger partial charge on any atom is 0.332 e. The molecule has 2 aromatic rings. The second-order valence-electron chi connectivity index (χ2n) is 6.97. The summed E-state index contributed by atoms with van der Waals surface area (Å²) >= 11 is 0. The fourth-order valence-corrected chi connectivity index (χ4v) is 3.36. The summed E-state index contributed by atoms with van der Waals surface area (Å²) < 4.78 is 4.14. The Labute approximate surface area is 139 Å². The van der Waals surface area contributed by atoms with Crippen molar-refractivity contribution < 1.29 is 4.79 Å². The van der Waals surface area contributed by atoms with Gasteiger partial charge in [0.1, 0.15) is 12.2 Å². The minimum atomic E-state index is -0.406. The Balaban J connectivity index is 1.93. The van der Waals surface area contributed by atoms with Crippen molar-refractivity contribution in [1.29, 1.82) is 0 Å². The first kappa shape index (κ1) is 16.5. The second-order valence-corrected chi connectivity index (χ2v) is 6.97. The number of carbonyl (C=O) groups excluding carboxylic acids is 1. The summed E-state index contributed by atoms with van der Waals surface area (Å²) in [5.41, 5.74) is 5.47. The van der Waals surface area contributed by atoms with Gasteiger partial charge in [-0.05, 0) is 24.4 Å². The molecule has 0 radical (unpaired) electrons. The molecule has 8 nitrogen and oxygen atoms in total. The molecule has 1 atom stereocenters. The maximum atomic E-state index is 12.6. The smallest absolute Gasteiger partial charge is 0.332 e. The van der Waals surface area contributed by atoms with Crippen LogP contribution in [0.3, 0.4) is 0 Å². The number of hydrogen-bond acceptors (Lipinski definition) is 4. The van der Waals surface area contributed by atoms with E-state index in [9.17, 15) is 14.4 Å². The van der Waals surface area contributed by atoms with Crippen molar-refractivity contribution in [3.05, 3.63) is 33.1 Å². The van der Waals surface area contributed by atoms with Crippen molar-refractivity contribution in [3.63, 3.8) is 0 Å². The average molecular weight is 333 g/mol. The summed E-state index contributed by atoms with van der Waals surface area (Å²) in [5.74, 6) is -0.0298. The van der Waals surface area contributed by atoms with Crippen molar-refractivity contribution in [2.75, 3.05) is 19.6 Å². The van der Waals surface area contributed by atoms with Crippen LogP contribution in [-0.2, 0) is 25.4 Å². The molecule has 2 aromatic heterocycles. The van der Waals surface area contributed by atoms with Crippen molar-refractivity contribution in [2.45, 2.75) is 19.9 Å². The van der Waals surface area contributed by atoms with E-state index in [0.717, 1.165) is 11.0 Å². The zero-order valence-corrected chi connectivity index (χ0v) is 14.3. The Morgan fingerprint density at radius 1 is 1.29 bits per heavy atom. The molecule has 0 spiro atoms. The first-order valence-corrected chi connectivity index (χ1v) is 8.00. The van der Waals surface area contributed by atoms with Gasteiger partial charge in [0.05, 0.1) is 5.39 Å². The summed E-state index contributed by atoms with van der Waals surface area (Å²) in [5, 5.41) is 0.431. The fraction of sp³-hybridized carbons (Fsp3) is 0.562. The van der Waals surface area contributed by atoms with Gasteiger partial charge in [-0.3, -0.25) is 18.7 Å². The normalized spacial score (nSPS) is 20.9. The number of aryl methyl sites for hydroxylation is 1. The number of hydrogen-bond donors (Lipinski definition) is 1. The van der Waals surface area contributed by atoms with Crippen LogP contribution in [0.4, 0.5) is 0 Å². The third kappa shape index (κ3) is 2.47. The number of nitrogens with zero attached hydrogens (tertiary/aromatic N) is 4. The Morgan fingerprint density at radius 3 is 2.62 bits per heavy atom. The molecule has 8 heteroatoms. The van der Waals surface area contributed by atoms with Crippen LogP contribution in [0.1, 0.15) is 13.3 Å². The standard InChI is InChI=1S/C16H23N5O3/c1-16(9-17)5-7-21(10-16)12(22)8-20-6-4-11-13(20)18(2)15(24)19(3)14(11)23/h4,6H,5,7-10,17H2,1-3H3. The summed E-state index contributed by atoms with van der Waals surface area (Å²) in [6, 6.07) is 1.65. The molecule has 1 saturated heterocycles. The molecule has 130 valence electrons. The Morgan fingerprint density at radius 2 is 2.00 bits per heavy atom. The Hall–Kier alpha value is -2.35. The van der Waals surface area contributed by atoms with E-state index in [0.29, 0.717) is 30.7 Å². The molecule has 24 heavy (non-hydrogen) atoms. The SMILES string of the molecule is Cn1c(=O)c2ccn(CC(=O)N3CCC(C)(CN)C3)c2n(C)c1=O. The lowest BCUT2D eigenvalue weighted by Crippen LogP contribution is -2.38. The zero-order chi connectivity index (χ0) is 17.6. The van der Waals surface area contributed by atoms with Crippen LogP contribution in [0.15, 0.2) is 21.9 Å². The molecule has 2 N–H and O–H groups in total. The summed E-state index contributed by atoms with van der Waals surface area (Å²) in [4.78, 5) is 38.7. The van der Waals surface area contributed by atoms with Crippen molar-refractivity contribution in [1.82, 2.24) is 18.6 Å². The largest absolute Gasteiger partial charge is 0.341 e. The van der Waals surface area contributed by atoms with Gasteiger partial charge in [-0.15, -0.1) is 0 Å². The summed E-state index contributed by atoms with van der Waals surface area (Å²) in [7, 11) is 3.05. The predicted molar refractivity (Wildman–Crippen MR) is 90.8 cm³/mol. The van der Waals surface area contributed by atoms with E-state index in [1.54, 1.807) is 28.8 Å². The highest BCUT2D eigenvalue weighted by molar-refractivity contribution is 5.81. The van der Waals surface area contributed by atoms with E-state index < -0.39 is 5.69 Å². The van der Waals surface area contributed by atoms with Gasteiger partial charge in [-0.25, -0.2) is 4.79 Å². The van der Waals surface area contributed by atoms with E-state index in [2.05, 4.69) is 6.92 Å². The number of likely N-dealkylation sites (tertiary alicyclic amines) is 1. The van der Waals surface area contributed by atoms with Crippen molar-refractivity contribution in [2.24, 2.45) is 25.2 Å². The highest BCUT2D eigenvalue weighted by atomic mass is 16.2. The summed E-state index contributed by atoms with van der Waals surface area (Å²) in [6.07, 6.45) is 2.57. The number of nitrogens with two attached hydrogens (primary N) is 1. The Bertz CT molecular complexity index is 922. The third-order valence-corrected chi connectivity index (χ3v) is 5.07. The molecule has 3 heterocycles. The van der Waals surface area contributed by atoms with Crippen molar-refractivity contribution in [3.8, 4) is 0 Å². The highest BCUT2D eigenvalue weighted by Gasteiger charge is 2.34. The molecule has 0 saturated carbocycles. The monoisotopic (exact) mass is 333 g/mol. The molecular weight excluding hydrogens is 310 g/mol. The predicted octanol–water partition coefficient (Wildman–Crippen LogP) is -0.764. The highest BCUT2D eigenvalue weighted by Crippen LogP contribution is 2.28. The van der Waals surface area contributed by atoms with Crippen LogP contribution < -0.4 is 17.0 Å². The first-order valence-electron chi connectivity index (χ1n) is 8.00. The van der Waals surface area contributed by atoms with Crippen LogP contribution in [0, 0.1) is 5.41 Å². The maximum absolute atomic E-state index is 12.6. The van der Waals surface area contributed by atoms with Gasteiger partial charge in [0.2, 0.25) is 5.91 Å². The number of fused-ring (bicyclic) bond motifs is 1. The molecule has 1 aliphatic rings. The topological polar surface area (TPSA) is 95.3 Å². The zero-order valence-electron chi connectivity index (χ0n) is 14.3. The van der Waals surface area contributed by atoms with E-state index in [-0.39, 0.29) is 23.4 Å². The van der Waals surface area contributed by atoms with E-state index in [1.807, 2.05) is 0 Å². The fourth-order valence-electron chi connectivity index (χ4n) is 3.36. The minimum absolute atomic E-state index is 0.0298. The van der Waals surface area contributed by atoms with Gasteiger partial charge in [0.25, 0.3) is 5.56 Å². The quantitative estimate of drug-likeness (QED) is 0.798. The molecule has 0 aromatic carbocycles. The van der Waals surface area contributed by atoms with E-state index in [1.165, 1.54) is 11.6 Å². The second kappa shape index (κ2) is 5.62. The van der Waals surface area contributed by atoms with Gasteiger partial charge in [0, 0.05) is 33.4 Å². The molecule has 1 aliphatic heterocycles. The lowest BCUT2D eigenvalue weighted by molar-refractivity contribution is -0.131. The van der Waals surface area contributed by atoms with Crippen LogP contribution in [-0.4, -0.2) is 44.1 Å². The Kier molecular flexibility index (Phi) is 3.87. The van der Waals surface area contributed by atoms with Crippen LogP contribution >= 0.6 is 0 Å². The van der Waals surface area contributed by atoms with Crippen LogP contribution in [0.2, 0.25) is 0 Å². The minimum Gasteiger partial charge on any atom is -0.341 e. The number of carbonyl (C=O) groups is 1. The summed E-state index contributed by atoms with van der Waals surface area (Å²) in [6.45, 7) is 4.06. The molecule has 3 rings (SSSR count). The van der Waals surface area contributed by atoms with E-state index >= 15 is 0 Å². The average Bonchev–Trinajstić information content (AvgIpc) is 3.16. The molecule has 0 bridgehead atoms. The van der Waals surface area contributed by atoms with Gasteiger partial charge in [-0.1, -0.05) is 6.92 Å². The molecule has 1 amide bonds. The first-order chi connectivity index (χ1) is 11.3. The van der Waals surface area contributed by atoms with Gasteiger partial charge < -0.3 is 15.2 Å². The molecule has 1 unspecified atom stereocenters. The van der Waals surface area contributed by atoms with Crippen molar-refractivity contribution >= 4 is 16.9 Å². The van der Waals surface area contributed by atoms with E-state index in [4.69, 9.17) is 5.73 Å². The van der Waals surface area contributed by atoms with Crippen LogP contribution in [0.5, 0.6) is 0 Å². The van der Waals surface area contributed by atoms with Gasteiger partial charge in [-0.2, -0.15) is 0 Å².